The second-order valence-corrected chi connectivity index (χ2v) is 6.01. The van der Waals surface area contributed by atoms with Gasteiger partial charge in [-0.1, -0.05) is 60.7 Å². The first kappa shape index (κ1) is 17.0. The Morgan fingerprint density at radius 2 is 1.72 bits per heavy atom. The summed E-state index contributed by atoms with van der Waals surface area (Å²) in [5.41, 5.74) is 7.53. The normalized spacial score (nSPS) is 17.6. The quantitative estimate of drug-likeness (QED) is 0.751. The summed E-state index contributed by atoms with van der Waals surface area (Å²) in [4.78, 5) is 23.7. The van der Waals surface area contributed by atoms with E-state index in [0.29, 0.717) is 12.8 Å². The standard InChI is InChI=1S/C19H21N3O3/c23-18-12-17(21-22-18)16(11-14-7-3-1-4-8-14)20-19(24)25-13-15-9-5-2-6-10-15/h1-10,16-17,21H,11-13H2,(H,20,24)(H,22,23)/t16-,17-/m0/s1. The van der Waals surface area contributed by atoms with E-state index in [9.17, 15) is 9.59 Å². The van der Waals surface area contributed by atoms with Crippen LogP contribution in [0, 0.1) is 0 Å². The number of carbonyl (C=O) groups excluding carboxylic acids is 2. The molecule has 130 valence electrons. The molecule has 2 amide bonds. The van der Waals surface area contributed by atoms with E-state index in [1.54, 1.807) is 0 Å². The van der Waals surface area contributed by atoms with Crippen LogP contribution in [-0.2, 0) is 22.6 Å². The molecule has 1 fully saturated rings. The van der Waals surface area contributed by atoms with Crippen molar-refractivity contribution >= 4 is 12.0 Å². The Bertz CT molecular complexity index is 706. The highest BCUT2D eigenvalue weighted by Crippen LogP contribution is 2.11. The second kappa shape index (κ2) is 8.30. The minimum atomic E-state index is -0.495. The van der Waals surface area contributed by atoms with Crippen molar-refractivity contribution in [2.75, 3.05) is 0 Å². The lowest BCUT2D eigenvalue weighted by atomic mass is 9.98. The van der Waals surface area contributed by atoms with Crippen molar-refractivity contribution in [2.24, 2.45) is 0 Å². The monoisotopic (exact) mass is 339 g/mol. The molecule has 3 N–H and O–H groups in total. The van der Waals surface area contributed by atoms with E-state index in [4.69, 9.17) is 4.74 Å². The summed E-state index contributed by atoms with van der Waals surface area (Å²) in [7, 11) is 0. The molecule has 1 saturated heterocycles. The van der Waals surface area contributed by atoms with Gasteiger partial charge in [-0.3, -0.25) is 10.2 Å². The minimum absolute atomic E-state index is 0.0810. The van der Waals surface area contributed by atoms with Gasteiger partial charge in [0.1, 0.15) is 6.61 Å². The first-order valence-corrected chi connectivity index (χ1v) is 8.26. The number of alkyl carbamates (subject to hydrolysis) is 1. The molecule has 0 aliphatic carbocycles. The lowest BCUT2D eigenvalue weighted by Crippen LogP contribution is -2.50. The van der Waals surface area contributed by atoms with Gasteiger partial charge in [0.25, 0.3) is 0 Å². The van der Waals surface area contributed by atoms with E-state index >= 15 is 0 Å². The summed E-state index contributed by atoms with van der Waals surface area (Å²) >= 11 is 0. The van der Waals surface area contributed by atoms with Gasteiger partial charge in [0.2, 0.25) is 5.91 Å². The van der Waals surface area contributed by atoms with Crippen LogP contribution in [0.1, 0.15) is 17.5 Å². The Balaban J connectivity index is 1.60. The number of benzene rings is 2. The van der Waals surface area contributed by atoms with Crippen LogP contribution in [-0.4, -0.2) is 24.1 Å². The fraction of sp³-hybridized carbons (Fsp3) is 0.263. The molecule has 3 rings (SSSR count). The maximum atomic E-state index is 12.2. The van der Waals surface area contributed by atoms with Crippen LogP contribution in [0.3, 0.4) is 0 Å². The van der Waals surface area contributed by atoms with E-state index in [1.165, 1.54) is 0 Å². The van der Waals surface area contributed by atoms with E-state index in [0.717, 1.165) is 11.1 Å². The number of carbonyl (C=O) groups is 2. The van der Waals surface area contributed by atoms with E-state index in [-0.39, 0.29) is 24.6 Å². The van der Waals surface area contributed by atoms with Crippen LogP contribution < -0.4 is 16.2 Å². The van der Waals surface area contributed by atoms with E-state index in [2.05, 4.69) is 16.2 Å². The second-order valence-electron chi connectivity index (χ2n) is 6.01. The van der Waals surface area contributed by atoms with Crippen LogP contribution in [0.4, 0.5) is 4.79 Å². The molecule has 1 heterocycles. The zero-order chi connectivity index (χ0) is 17.5. The molecule has 2 aromatic carbocycles. The van der Waals surface area contributed by atoms with Crippen molar-refractivity contribution in [2.45, 2.75) is 31.5 Å². The number of hydrazine groups is 1. The van der Waals surface area contributed by atoms with Gasteiger partial charge in [-0.25, -0.2) is 10.2 Å². The third kappa shape index (κ3) is 5.06. The molecule has 0 bridgehead atoms. The van der Waals surface area contributed by atoms with Gasteiger partial charge in [-0.2, -0.15) is 0 Å². The first-order chi connectivity index (χ1) is 12.2. The van der Waals surface area contributed by atoms with Crippen LogP contribution in [0.2, 0.25) is 0 Å². The Morgan fingerprint density at radius 3 is 2.32 bits per heavy atom. The molecule has 6 heteroatoms. The van der Waals surface area contributed by atoms with Gasteiger partial charge >= 0.3 is 6.09 Å². The van der Waals surface area contributed by atoms with Crippen LogP contribution >= 0.6 is 0 Å². The molecule has 6 nitrogen and oxygen atoms in total. The maximum absolute atomic E-state index is 12.2. The Hall–Kier alpha value is -2.86. The number of hydrogen-bond acceptors (Lipinski definition) is 4. The number of hydrogen-bond donors (Lipinski definition) is 3. The van der Waals surface area contributed by atoms with Crippen molar-refractivity contribution in [3.8, 4) is 0 Å². The summed E-state index contributed by atoms with van der Waals surface area (Å²) < 4.78 is 5.30. The molecular weight excluding hydrogens is 318 g/mol. The van der Waals surface area contributed by atoms with E-state index in [1.807, 2.05) is 60.7 Å². The van der Waals surface area contributed by atoms with Crippen LogP contribution in [0.25, 0.3) is 0 Å². The summed E-state index contributed by atoms with van der Waals surface area (Å²) in [5, 5.41) is 2.88. The largest absolute Gasteiger partial charge is 0.445 e. The lowest BCUT2D eigenvalue weighted by molar-refractivity contribution is -0.119. The molecule has 1 aliphatic rings. The fourth-order valence-corrected chi connectivity index (χ4v) is 2.80. The summed E-state index contributed by atoms with van der Waals surface area (Å²) in [6, 6.07) is 18.9. The Labute approximate surface area is 146 Å². The third-order valence-electron chi connectivity index (χ3n) is 4.10. The lowest BCUT2D eigenvalue weighted by Gasteiger charge is -2.23. The van der Waals surface area contributed by atoms with Crippen molar-refractivity contribution in [3.05, 3.63) is 71.8 Å². The molecule has 0 radical (unpaired) electrons. The predicted octanol–water partition coefficient (Wildman–Crippen LogP) is 1.92. The minimum Gasteiger partial charge on any atom is -0.445 e. The highest BCUT2D eigenvalue weighted by atomic mass is 16.5. The van der Waals surface area contributed by atoms with Crippen molar-refractivity contribution < 1.29 is 14.3 Å². The SMILES string of the molecule is O=C1C[C@@H]([C@H](Cc2ccccc2)NC(=O)OCc2ccccc2)NN1. The fourth-order valence-electron chi connectivity index (χ4n) is 2.80. The van der Waals surface area contributed by atoms with Gasteiger partial charge in [-0.15, -0.1) is 0 Å². The summed E-state index contributed by atoms with van der Waals surface area (Å²) in [6.45, 7) is 0.208. The predicted molar refractivity (Wildman–Crippen MR) is 93.4 cm³/mol. The van der Waals surface area contributed by atoms with E-state index < -0.39 is 6.09 Å². The zero-order valence-corrected chi connectivity index (χ0v) is 13.8. The average molecular weight is 339 g/mol. The number of ether oxygens (including phenoxy) is 1. The van der Waals surface area contributed by atoms with Crippen molar-refractivity contribution in [3.63, 3.8) is 0 Å². The molecule has 0 spiro atoms. The number of nitrogens with one attached hydrogen (secondary N) is 3. The topological polar surface area (TPSA) is 79.5 Å². The highest BCUT2D eigenvalue weighted by molar-refractivity contribution is 5.78. The molecule has 0 unspecified atom stereocenters. The van der Waals surface area contributed by atoms with Crippen molar-refractivity contribution in [1.82, 2.24) is 16.2 Å². The highest BCUT2D eigenvalue weighted by Gasteiger charge is 2.30. The zero-order valence-electron chi connectivity index (χ0n) is 13.8. The van der Waals surface area contributed by atoms with Gasteiger partial charge in [0.15, 0.2) is 0 Å². The summed E-state index contributed by atoms with van der Waals surface area (Å²) in [5.74, 6) is -0.0810. The first-order valence-electron chi connectivity index (χ1n) is 8.26. The molecule has 2 aromatic rings. The maximum Gasteiger partial charge on any atom is 0.407 e. The smallest absolute Gasteiger partial charge is 0.407 e. The molecule has 0 aromatic heterocycles. The Kier molecular flexibility index (Phi) is 5.64. The average Bonchev–Trinajstić information content (AvgIpc) is 3.08. The molecule has 2 atom stereocenters. The number of amides is 2. The van der Waals surface area contributed by atoms with Crippen LogP contribution in [0.15, 0.2) is 60.7 Å². The van der Waals surface area contributed by atoms with Gasteiger partial charge in [0, 0.05) is 6.42 Å². The summed E-state index contributed by atoms with van der Waals surface area (Å²) in [6.07, 6.45) is 0.426. The molecular formula is C19H21N3O3. The van der Waals surface area contributed by atoms with Gasteiger partial charge in [0.05, 0.1) is 12.1 Å². The molecule has 25 heavy (non-hydrogen) atoms. The third-order valence-corrected chi connectivity index (χ3v) is 4.10. The molecule has 0 saturated carbocycles. The van der Waals surface area contributed by atoms with Gasteiger partial charge in [-0.05, 0) is 17.5 Å². The Morgan fingerprint density at radius 1 is 1.08 bits per heavy atom. The molecule has 1 aliphatic heterocycles. The van der Waals surface area contributed by atoms with Gasteiger partial charge < -0.3 is 10.1 Å². The number of rotatable bonds is 6. The van der Waals surface area contributed by atoms with Crippen LogP contribution in [0.5, 0.6) is 0 Å². The van der Waals surface area contributed by atoms with Crippen molar-refractivity contribution in [1.29, 1.82) is 0 Å².